The van der Waals surface area contributed by atoms with Crippen molar-refractivity contribution < 1.29 is 4.79 Å². The molecule has 0 spiro atoms. The van der Waals surface area contributed by atoms with Crippen molar-refractivity contribution in [3.05, 3.63) is 20.8 Å². The average Bonchev–Trinajstić information content (AvgIpc) is 2.76. The van der Waals surface area contributed by atoms with Gasteiger partial charge in [-0.2, -0.15) is 0 Å². The number of halogens is 1. The number of carbonyl (C=O) groups is 1. The van der Waals surface area contributed by atoms with Gasteiger partial charge < -0.3 is 16.0 Å². The van der Waals surface area contributed by atoms with Gasteiger partial charge in [0.05, 0.1) is 6.54 Å². The molecule has 0 aliphatic heterocycles. The molecule has 0 aliphatic rings. The minimum Gasteiger partial charge on any atom is -0.357 e. The Bertz CT molecular complexity index is 493. The summed E-state index contributed by atoms with van der Waals surface area (Å²) in [6, 6.07) is 2.06. The van der Waals surface area contributed by atoms with E-state index in [1.165, 1.54) is 4.88 Å². The zero-order valence-corrected chi connectivity index (χ0v) is 15.3. The smallest absolute Gasteiger partial charge is 0.242 e. The third-order valence-corrected chi connectivity index (χ3v) is 3.99. The summed E-state index contributed by atoms with van der Waals surface area (Å²) in [7, 11) is 0. The lowest BCUT2D eigenvalue weighted by molar-refractivity contribution is -0.121. The molecule has 0 unspecified atom stereocenters. The Morgan fingerprint density at radius 1 is 1.38 bits per heavy atom. The first-order valence-electron chi connectivity index (χ1n) is 6.86. The lowest BCUT2D eigenvalue weighted by atomic mass is 10.1. The predicted octanol–water partition coefficient (Wildman–Crippen LogP) is 2.48. The number of rotatable bonds is 5. The second-order valence-corrected chi connectivity index (χ2v) is 7.49. The normalized spacial score (nSPS) is 12.1. The number of carbonyl (C=O) groups excluding carboxylic acids is 1. The van der Waals surface area contributed by atoms with Gasteiger partial charge in [0.15, 0.2) is 5.96 Å². The second-order valence-electron chi connectivity index (χ2n) is 5.58. The van der Waals surface area contributed by atoms with Gasteiger partial charge >= 0.3 is 0 Å². The van der Waals surface area contributed by atoms with Crippen LogP contribution in [0.5, 0.6) is 0 Å². The van der Waals surface area contributed by atoms with Crippen molar-refractivity contribution >= 4 is 39.1 Å². The maximum Gasteiger partial charge on any atom is 0.242 e. The summed E-state index contributed by atoms with van der Waals surface area (Å²) in [5.41, 5.74) is -0.234. The first-order valence-corrected chi connectivity index (χ1v) is 8.53. The Morgan fingerprint density at radius 2 is 2.10 bits per heavy atom. The average molecular weight is 375 g/mol. The molecule has 3 N–H and O–H groups in total. The van der Waals surface area contributed by atoms with E-state index in [2.05, 4.69) is 42.9 Å². The van der Waals surface area contributed by atoms with Crippen LogP contribution in [0.15, 0.2) is 20.9 Å². The van der Waals surface area contributed by atoms with Crippen LogP contribution in [0.4, 0.5) is 0 Å². The quantitative estimate of drug-likeness (QED) is 0.547. The minimum atomic E-state index is -0.234. The number of hydrogen-bond acceptors (Lipinski definition) is 3. The fraction of sp³-hybridized carbons (Fsp3) is 0.571. The number of aliphatic imine (C=N–C) groups is 1. The van der Waals surface area contributed by atoms with Crippen LogP contribution in [0.2, 0.25) is 0 Å². The van der Waals surface area contributed by atoms with Crippen LogP contribution in [-0.2, 0) is 11.3 Å². The Balaban J connectivity index is 2.51. The van der Waals surface area contributed by atoms with Crippen molar-refractivity contribution in [1.29, 1.82) is 0 Å². The molecule has 0 aromatic carbocycles. The Hall–Kier alpha value is -1.08. The summed E-state index contributed by atoms with van der Waals surface area (Å²) < 4.78 is 1.08. The van der Waals surface area contributed by atoms with Crippen LogP contribution in [0, 0.1) is 0 Å². The summed E-state index contributed by atoms with van der Waals surface area (Å²) in [5, 5.41) is 11.3. The zero-order valence-electron chi connectivity index (χ0n) is 12.9. The molecule has 1 rings (SSSR count). The Labute approximate surface area is 138 Å². The van der Waals surface area contributed by atoms with Gasteiger partial charge in [-0.15, -0.1) is 11.3 Å². The molecule has 1 aromatic rings. The second kappa shape index (κ2) is 8.38. The van der Waals surface area contributed by atoms with Crippen molar-refractivity contribution in [1.82, 2.24) is 16.0 Å². The van der Waals surface area contributed by atoms with Crippen molar-refractivity contribution in [2.75, 3.05) is 13.1 Å². The van der Waals surface area contributed by atoms with Gasteiger partial charge in [0.1, 0.15) is 6.54 Å². The van der Waals surface area contributed by atoms with Crippen LogP contribution in [0.1, 0.15) is 32.6 Å². The number of nitrogens with one attached hydrogen (secondary N) is 3. The molecule has 21 heavy (non-hydrogen) atoms. The molecule has 0 radical (unpaired) electrons. The van der Waals surface area contributed by atoms with E-state index in [0.717, 1.165) is 11.0 Å². The molecule has 0 fully saturated rings. The molecule has 0 saturated heterocycles. The van der Waals surface area contributed by atoms with Gasteiger partial charge in [0.2, 0.25) is 5.91 Å². The minimum absolute atomic E-state index is 0.0847. The van der Waals surface area contributed by atoms with Crippen molar-refractivity contribution in [3.8, 4) is 0 Å². The van der Waals surface area contributed by atoms with Gasteiger partial charge in [0, 0.05) is 26.8 Å². The van der Waals surface area contributed by atoms with Gasteiger partial charge in [-0.1, -0.05) is 0 Å². The number of thiophene rings is 1. The monoisotopic (exact) mass is 374 g/mol. The van der Waals surface area contributed by atoms with E-state index in [9.17, 15) is 4.79 Å². The zero-order chi connectivity index (χ0) is 15.9. The molecular formula is C14H23BrN4OS. The van der Waals surface area contributed by atoms with Crippen molar-refractivity contribution in [2.45, 2.75) is 39.8 Å². The summed E-state index contributed by atoms with van der Waals surface area (Å²) in [6.45, 7) is 9.39. The summed E-state index contributed by atoms with van der Waals surface area (Å²) in [6.07, 6.45) is 0. The molecule has 118 valence electrons. The third kappa shape index (κ3) is 8.06. The predicted molar refractivity (Wildman–Crippen MR) is 92.7 cm³/mol. The van der Waals surface area contributed by atoms with E-state index < -0.39 is 0 Å². The summed E-state index contributed by atoms with van der Waals surface area (Å²) in [4.78, 5) is 17.3. The molecule has 0 bridgehead atoms. The van der Waals surface area contributed by atoms with Crippen molar-refractivity contribution in [3.63, 3.8) is 0 Å². The van der Waals surface area contributed by atoms with Crippen LogP contribution >= 0.6 is 27.3 Å². The molecule has 0 saturated carbocycles. The van der Waals surface area contributed by atoms with Crippen molar-refractivity contribution in [2.24, 2.45) is 4.99 Å². The van der Waals surface area contributed by atoms with Gasteiger partial charge in [-0.25, -0.2) is 4.99 Å². The molecule has 0 aliphatic carbocycles. The van der Waals surface area contributed by atoms with Gasteiger partial charge in [-0.05, 0) is 49.7 Å². The molecule has 0 atom stereocenters. The molecule has 7 heteroatoms. The molecule has 1 aromatic heterocycles. The molecule has 5 nitrogen and oxygen atoms in total. The van der Waals surface area contributed by atoms with Gasteiger partial charge in [-0.3, -0.25) is 4.79 Å². The SMILES string of the molecule is CCNC(=NCC(=O)NC(C)(C)C)NCc1cc(Br)cs1. The number of nitrogens with zero attached hydrogens (tertiary/aromatic N) is 1. The summed E-state index contributed by atoms with van der Waals surface area (Å²) >= 11 is 5.10. The van der Waals surface area contributed by atoms with E-state index in [4.69, 9.17) is 0 Å². The lowest BCUT2D eigenvalue weighted by Crippen LogP contribution is -2.43. The Kier molecular flexibility index (Phi) is 7.17. The highest BCUT2D eigenvalue weighted by molar-refractivity contribution is 9.10. The molecule has 1 amide bonds. The maximum atomic E-state index is 11.8. The summed E-state index contributed by atoms with van der Waals surface area (Å²) in [5.74, 6) is 0.560. The highest BCUT2D eigenvalue weighted by atomic mass is 79.9. The van der Waals surface area contributed by atoms with Crippen LogP contribution < -0.4 is 16.0 Å². The van der Waals surface area contributed by atoms with Crippen LogP contribution in [0.3, 0.4) is 0 Å². The van der Waals surface area contributed by atoms with Gasteiger partial charge in [0.25, 0.3) is 0 Å². The Morgan fingerprint density at radius 3 is 2.62 bits per heavy atom. The number of guanidine groups is 1. The first-order chi connectivity index (χ1) is 9.80. The van der Waals surface area contributed by atoms with E-state index in [-0.39, 0.29) is 18.0 Å². The topological polar surface area (TPSA) is 65.5 Å². The molecule has 1 heterocycles. The number of hydrogen-bond donors (Lipinski definition) is 3. The fourth-order valence-corrected chi connectivity index (χ4v) is 2.96. The van der Waals surface area contributed by atoms with E-state index in [1.54, 1.807) is 11.3 Å². The first kappa shape index (κ1) is 18.0. The largest absolute Gasteiger partial charge is 0.357 e. The highest BCUT2D eigenvalue weighted by Gasteiger charge is 2.13. The molecular weight excluding hydrogens is 352 g/mol. The van der Waals surface area contributed by atoms with E-state index >= 15 is 0 Å². The highest BCUT2D eigenvalue weighted by Crippen LogP contribution is 2.19. The van der Waals surface area contributed by atoms with E-state index in [1.807, 2.05) is 33.1 Å². The fourth-order valence-electron chi connectivity index (χ4n) is 1.57. The maximum absolute atomic E-state index is 11.8. The third-order valence-electron chi connectivity index (χ3n) is 2.29. The van der Waals surface area contributed by atoms with E-state index in [0.29, 0.717) is 12.5 Å². The lowest BCUT2D eigenvalue weighted by Gasteiger charge is -2.20. The van der Waals surface area contributed by atoms with Crippen LogP contribution in [0.25, 0.3) is 0 Å². The standard InChI is InChI=1S/C14H23BrN4OS/c1-5-16-13(17-7-11-6-10(15)9-21-11)18-8-12(20)19-14(2,3)4/h6,9H,5,7-8H2,1-4H3,(H,19,20)(H2,16,17,18). The van der Waals surface area contributed by atoms with Crippen LogP contribution in [-0.4, -0.2) is 30.5 Å². The number of amides is 1.